The molecule has 0 bridgehead atoms. The molecule has 1 unspecified atom stereocenters. The summed E-state index contributed by atoms with van der Waals surface area (Å²) in [5.74, 6) is -2.34. The van der Waals surface area contributed by atoms with Gasteiger partial charge < -0.3 is 16.2 Å². The van der Waals surface area contributed by atoms with E-state index in [0.29, 0.717) is 0 Å². The number of carbonyl (C=O) groups is 3. The van der Waals surface area contributed by atoms with E-state index in [-0.39, 0.29) is 12.8 Å². The molecular formula is C15H18N2O4. The van der Waals surface area contributed by atoms with Crippen LogP contribution in [0.4, 0.5) is 0 Å². The van der Waals surface area contributed by atoms with Crippen LogP contribution in [-0.2, 0) is 14.4 Å². The Morgan fingerprint density at radius 3 is 2.67 bits per heavy atom. The van der Waals surface area contributed by atoms with Crippen LogP contribution >= 0.6 is 0 Å². The molecular weight excluding hydrogens is 272 g/mol. The Morgan fingerprint density at radius 2 is 2.10 bits per heavy atom. The predicted molar refractivity (Wildman–Crippen MR) is 78.2 cm³/mol. The molecule has 0 aliphatic carbocycles. The van der Waals surface area contributed by atoms with Gasteiger partial charge in [0.15, 0.2) is 0 Å². The van der Waals surface area contributed by atoms with Gasteiger partial charge >= 0.3 is 5.97 Å². The lowest BCUT2D eigenvalue weighted by atomic mass is 10.1. The molecule has 1 rings (SSSR count). The standard InChI is InChI=1S/C15H18N2O4/c1-10-3-2-4-11(9-10)5-8-14(19)17-12(15(20)21)6-7-13(16)18/h2-5,8-9,12H,6-7H2,1H3,(H2,16,18)(H,17,19)(H,20,21)/b8-5+. The van der Waals surface area contributed by atoms with Crippen LogP contribution in [0, 0.1) is 6.92 Å². The minimum Gasteiger partial charge on any atom is -0.480 e. The van der Waals surface area contributed by atoms with E-state index in [4.69, 9.17) is 10.8 Å². The molecule has 1 aromatic carbocycles. The van der Waals surface area contributed by atoms with Crippen molar-refractivity contribution in [1.29, 1.82) is 0 Å². The molecule has 0 saturated carbocycles. The van der Waals surface area contributed by atoms with Gasteiger partial charge in [-0.3, -0.25) is 9.59 Å². The Hall–Kier alpha value is -2.63. The molecule has 0 heterocycles. The quantitative estimate of drug-likeness (QED) is 0.646. The normalized spacial score (nSPS) is 12.0. The maximum Gasteiger partial charge on any atom is 0.326 e. The lowest BCUT2D eigenvalue weighted by molar-refractivity contribution is -0.141. The molecule has 0 spiro atoms. The fourth-order valence-electron chi connectivity index (χ4n) is 1.71. The number of hydrogen-bond donors (Lipinski definition) is 3. The van der Waals surface area contributed by atoms with Crippen LogP contribution < -0.4 is 11.1 Å². The Labute approximate surface area is 122 Å². The molecule has 6 nitrogen and oxygen atoms in total. The molecule has 112 valence electrons. The zero-order chi connectivity index (χ0) is 15.8. The van der Waals surface area contributed by atoms with Crippen molar-refractivity contribution in [3.8, 4) is 0 Å². The minimum absolute atomic E-state index is 0.0330. The molecule has 1 atom stereocenters. The zero-order valence-corrected chi connectivity index (χ0v) is 11.7. The Balaban J connectivity index is 2.61. The maximum atomic E-state index is 11.7. The van der Waals surface area contributed by atoms with Gasteiger partial charge in [-0.2, -0.15) is 0 Å². The number of amides is 2. The van der Waals surface area contributed by atoms with E-state index in [1.807, 2.05) is 31.2 Å². The summed E-state index contributed by atoms with van der Waals surface area (Å²) in [5, 5.41) is 11.3. The van der Waals surface area contributed by atoms with Gasteiger partial charge in [-0.25, -0.2) is 4.79 Å². The number of rotatable bonds is 7. The number of carboxylic acids is 1. The average Bonchev–Trinajstić information content (AvgIpc) is 2.40. The van der Waals surface area contributed by atoms with Crippen LogP contribution in [0.2, 0.25) is 0 Å². The molecule has 0 saturated heterocycles. The van der Waals surface area contributed by atoms with Crippen molar-refractivity contribution in [2.45, 2.75) is 25.8 Å². The van der Waals surface area contributed by atoms with E-state index in [1.54, 1.807) is 6.08 Å². The summed E-state index contributed by atoms with van der Waals surface area (Å²) in [6.07, 6.45) is 2.72. The van der Waals surface area contributed by atoms with Crippen molar-refractivity contribution >= 4 is 23.9 Å². The summed E-state index contributed by atoms with van der Waals surface area (Å²) in [6, 6.07) is 6.39. The van der Waals surface area contributed by atoms with E-state index in [2.05, 4.69) is 5.32 Å². The number of aliphatic carboxylic acids is 1. The Kier molecular flexibility index (Phi) is 6.13. The molecule has 0 aliphatic rings. The van der Waals surface area contributed by atoms with E-state index in [9.17, 15) is 14.4 Å². The third kappa shape index (κ3) is 6.38. The molecule has 0 fully saturated rings. The van der Waals surface area contributed by atoms with E-state index in [1.165, 1.54) is 6.08 Å². The SMILES string of the molecule is Cc1cccc(/C=C/C(=O)NC(CCC(N)=O)C(=O)O)c1. The number of nitrogens with two attached hydrogens (primary N) is 1. The topological polar surface area (TPSA) is 109 Å². The van der Waals surface area contributed by atoms with Crippen LogP contribution in [0.5, 0.6) is 0 Å². The number of hydrogen-bond acceptors (Lipinski definition) is 3. The summed E-state index contributed by atoms with van der Waals surface area (Å²) >= 11 is 0. The van der Waals surface area contributed by atoms with Crippen molar-refractivity contribution in [1.82, 2.24) is 5.32 Å². The third-order valence-corrected chi connectivity index (χ3v) is 2.76. The number of carbonyl (C=O) groups excluding carboxylic acids is 2. The van der Waals surface area contributed by atoms with E-state index in [0.717, 1.165) is 11.1 Å². The van der Waals surface area contributed by atoms with Crippen LogP contribution in [-0.4, -0.2) is 28.9 Å². The Morgan fingerprint density at radius 1 is 1.38 bits per heavy atom. The first-order chi connectivity index (χ1) is 9.88. The molecule has 21 heavy (non-hydrogen) atoms. The van der Waals surface area contributed by atoms with Crippen molar-refractivity contribution < 1.29 is 19.5 Å². The van der Waals surface area contributed by atoms with E-state index < -0.39 is 23.8 Å². The smallest absolute Gasteiger partial charge is 0.326 e. The number of benzene rings is 1. The van der Waals surface area contributed by atoms with Gasteiger partial charge in [0.1, 0.15) is 6.04 Å². The van der Waals surface area contributed by atoms with Crippen molar-refractivity contribution in [2.24, 2.45) is 5.73 Å². The number of aryl methyl sites for hydroxylation is 1. The van der Waals surface area contributed by atoms with E-state index >= 15 is 0 Å². The minimum atomic E-state index is -1.20. The van der Waals surface area contributed by atoms with Crippen molar-refractivity contribution in [3.05, 3.63) is 41.5 Å². The molecule has 0 aromatic heterocycles. The third-order valence-electron chi connectivity index (χ3n) is 2.76. The first-order valence-corrected chi connectivity index (χ1v) is 6.45. The second kappa shape index (κ2) is 7.84. The highest BCUT2D eigenvalue weighted by Gasteiger charge is 2.19. The maximum absolute atomic E-state index is 11.7. The monoisotopic (exact) mass is 290 g/mol. The van der Waals surface area contributed by atoms with Gasteiger partial charge in [-0.1, -0.05) is 29.8 Å². The highest BCUT2D eigenvalue weighted by atomic mass is 16.4. The highest BCUT2D eigenvalue weighted by Crippen LogP contribution is 2.06. The molecule has 0 radical (unpaired) electrons. The fourth-order valence-corrected chi connectivity index (χ4v) is 1.71. The summed E-state index contributed by atoms with van der Waals surface area (Å²) in [7, 11) is 0. The van der Waals surface area contributed by atoms with Gasteiger partial charge in [0, 0.05) is 12.5 Å². The summed E-state index contributed by atoms with van der Waals surface area (Å²) in [6.45, 7) is 1.93. The number of carboxylic acid groups (broad SMARTS) is 1. The first kappa shape index (κ1) is 16.4. The predicted octanol–water partition coefficient (Wildman–Crippen LogP) is 0.843. The largest absolute Gasteiger partial charge is 0.480 e. The van der Waals surface area contributed by atoms with Crippen LogP contribution in [0.15, 0.2) is 30.3 Å². The average molecular weight is 290 g/mol. The van der Waals surface area contributed by atoms with Crippen molar-refractivity contribution in [2.75, 3.05) is 0 Å². The highest BCUT2D eigenvalue weighted by molar-refractivity contribution is 5.94. The summed E-state index contributed by atoms with van der Waals surface area (Å²) < 4.78 is 0. The number of nitrogens with one attached hydrogen (secondary N) is 1. The second-order valence-corrected chi connectivity index (χ2v) is 4.65. The second-order valence-electron chi connectivity index (χ2n) is 4.65. The molecule has 0 aliphatic heterocycles. The van der Waals surface area contributed by atoms with Gasteiger partial charge in [0.25, 0.3) is 0 Å². The number of primary amides is 1. The lowest BCUT2D eigenvalue weighted by Crippen LogP contribution is -2.40. The fraction of sp³-hybridized carbons (Fsp3) is 0.267. The molecule has 4 N–H and O–H groups in total. The first-order valence-electron chi connectivity index (χ1n) is 6.45. The summed E-state index contributed by atoms with van der Waals surface area (Å²) in [4.78, 5) is 33.3. The van der Waals surface area contributed by atoms with Crippen LogP contribution in [0.3, 0.4) is 0 Å². The molecule has 6 heteroatoms. The molecule has 2 amide bonds. The van der Waals surface area contributed by atoms with Gasteiger partial charge in [0.05, 0.1) is 0 Å². The Bertz CT molecular complexity index is 567. The lowest BCUT2D eigenvalue weighted by Gasteiger charge is -2.11. The van der Waals surface area contributed by atoms with Crippen molar-refractivity contribution in [3.63, 3.8) is 0 Å². The summed E-state index contributed by atoms with van der Waals surface area (Å²) in [5.41, 5.74) is 6.86. The van der Waals surface area contributed by atoms with Gasteiger partial charge in [0.2, 0.25) is 11.8 Å². The zero-order valence-electron chi connectivity index (χ0n) is 11.7. The van der Waals surface area contributed by atoms with Gasteiger partial charge in [-0.05, 0) is 25.0 Å². The van der Waals surface area contributed by atoms with Crippen LogP contribution in [0.1, 0.15) is 24.0 Å². The van der Waals surface area contributed by atoms with Crippen LogP contribution in [0.25, 0.3) is 6.08 Å². The molecule has 1 aromatic rings. The van der Waals surface area contributed by atoms with Gasteiger partial charge in [-0.15, -0.1) is 0 Å².